The van der Waals surface area contributed by atoms with Crippen molar-refractivity contribution in [3.8, 4) is 0 Å². The molecule has 1 aromatic heterocycles. The SMILES string of the molecule is C=C[n+]1cc[nH]c1CCC(C)S(=O)(=O)O. The third kappa shape index (κ3) is 3.17. The summed E-state index contributed by atoms with van der Waals surface area (Å²) in [7, 11) is -3.92. The van der Waals surface area contributed by atoms with Crippen molar-refractivity contribution in [1.82, 2.24) is 4.98 Å². The van der Waals surface area contributed by atoms with Crippen LogP contribution in [-0.2, 0) is 16.5 Å². The Balaban J connectivity index is 2.62. The van der Waals surface area contributed by atoms with Crippen LogP contribution in [0.3, 0.4) is 0 Å². The van der Waals surface area contributed by atoms with Gasteiger partial charge in [-0.1, -0.05) is 6.58 Å². The van der Waals surface area contributed by atoms with Gasteiger partial charge in [-0.15, -0.1) is 0 Å². The molecular formula is C9H15N2O3S+. The summed E-state index contributed by atoms with van der Waals surface area (Å²) >= 11 is 0. The van der Waals surface area contributed by atoms with Crippen molar-refractivity contribution in [3.05, 3.63) is 24.8 Å². The van der Waals surface area contributed by atoms with Crippen LogP contribution in [0.25, 0.3) is 6.20 Å². The van der Waals surface area contributed by atoms with Crippen LogP contribution < -0.4 is 4.57 Å². The summed E-state index contributed by atoms with van der Waals surface area (Å²) < 4.78 is 32.1. The molecule has 0 aliphatic rings. The van der Waals surface area contributed by atoms with Gasteiger partial charge in [0, 0.05) is 0 Å². The number of aromatic amines is 1. The monoisotopic (exact) mass is 231 g/mol. The Kier molecular flexibility index (Phi) is 3.65. The van der Waals surface area contributed by atoms with E-state index in [0.717, 1.165) is 5.82 Å². The summed E-state index contributed by atoms with van der Waals surface area (Å²) in [6, 6.07) is 0. The highest BCUT2D eigenvalue weighted by atomic mass is 32.2. The highest BCUT2D eigenvalue weighted by Crippen LogP contribution is 2.06. The van der Waals surface area contributed by atoms with E-state index in [1.165, 1.54) is 6.92 Å². The van der Waals surface area contributed by atoms with Crippen LogP contribution in [0.2, 0.25) is 0 Å². The molecule has 0 fully saturated rings. The van der Waals surface area contributed by atoms with Crippen LogP contribution >= 0.6 is 0 Å². The van der Waals surface area contributed by atoms with Gasteiger partial charge in [-0.3, -0.25) is 4.55 Å². The molecule has 0 aliphatic carbocycles. The number of aromatic nitrogens is 2. The number of nitrogens with zero attached hydrogens (tertiary/aromatic N) is 1. The number of H-pyrrole nitrogens is 1. The predicted octanol–water partition coefficient (Wildman–Crippen LogP) is 0.612. The molecule has 1 heterocycles. The van der Waals surface area contributed by atoms with Crippen molar-refractivity contribution in [2.24, 2.45) is 0 Å². The van der Waals surface area contributed by atoms with Gasteiger partial charge in [0.1, 0.15) is 12.4 Å². The number of aryl methyl sites for hydroxylation is 1. The highest BCUT2D eigenvalue weighted by Gasteiger charge is 2.19. The minimum atomic E-state index is -3.92. The fourth-order valence-corrected chi connectivity index (χ4v) is 1.66. The molecule has 2 N–H and O–H groups in total. The normalized spacial score (nSPS) is 13.7. The van der Waals surface area contributed by atoms with Crippen molar-refractivity contribution < 1.29 is 17.5 Å². The molecule has 5 nitrogen and oxygen atoms in total. The van der Waals surface area contributed by atoms with Crippen LogP contribution in [0.5, 0.6) is 0 Å². The van der Waals surface area contributed by atoms with Gasteiger partial charge in [-0.05, 0) is 13.3 Å². The highest BCUT2D eigenvalue weighted by molar-refractivity contribution is 7.86. The van der Waals surface area contributed by atoms with Gasteiger partial charge in [-0.25, -0.2) is 9.55 Å². The third-order valence-corrected chi connectivity index (χ3v) is 3.54. The maximum absolute atomic E-state index is 10.8. The smallest absolute Gasteiger partial charge is 0.267 e. The third-order valence-electron chi connectivity index (χ3n) is 2.29. The summed E-state index contributed by atoms with van der Waals surface area (Å²) in [6.45, 7) is 5.10. The van der Waals surface area contributed by atoms with Crippen LogP contribution in [0.4, 0.5) is 0 Å². The first-order valence-electron chi connectivity index (χ1n) is 4.61. The van der Waals surface area contributed by atoms with Crippen LogP contribution in [0.15, 0.2) is 19.0 Å². The number of hydrogen-bond donors (Lipinski definition) is 2. The zero-order chi connectivity index (χ0) is 11.5. The summed E-state index contributed by atoms with van der Waals surface area (Å²) in [4.78, 5) is 2.98. The van der Waals surface area contributed by atoms with Gasteiger partial charge in [-0.2, -0.15) is 8.42 Å². The molecule has 0 amide bonds. The van der Waals surface area contributed by atoms with Crippen LogP contribution in [0, 0.1) is 0 Å². The zero-order valence-electron chi connectivity index (χ0n) is 8.55. The molecule has 84 valence electrons. The first kappa shape index (κ1) is 11.9. The lowest BCUT2D eigenvalue weighted by atomic mass is 10.2. The Hall–Kier alpha value is -1.14. The Morgan fingerprint density at radius 2 is 2.40 bits per heavy atom. The van der Waals surface area contributed by atoms with Crippen molar-refractivity contribution in [2.45, 2.75) is 25.0 Å². The second-order valence-corrected chi connectivity index (χ2v) is 5.20. The second-order valence-electron chi connectivity index (χ2n) is 3.36. The van der Waals surface area contributed by atoms with E-state index >= 15 is 0 Å². The minimum Gasteiger partial charge on any atom is -0.285 e. The van der Waals surface area contributed by atoms with E-state index in [-0.39, 0.29) is 0 Å². The van der Waals surface area contributed by atoms with Crippen molar-refractivity contribution >= 4 is 16.3 Å². The largest absolute Gasteiger partial charge is 0.285 e. The van der Waals surface area contributed by atoms with E-state index < -0.39 is 15.4 Å². The molecule has 0 radical (unpaired) electrons. The Morgan fingerprint density at radius 1 is 1.73 bits per heavy atom. The van der Waals surface area contributed by atoms with Crippen molar-refractivity contribution in [2.75, 3.05) is 0 Å². The Labute approximate surface area is 89.2 Å². The number of imidazole rings is 1. The van der Waals surface area contributed by atoms with E-state index in [1.807, 2.05) is 0 Å². The standard InChI is InChI=1S/C9H14N2O3S/c1-3-11-7-6-10-9(11)5-4-8(2)15(12,13)14/h3,6-8H,1,4-5H2,2H3,(H,12,13,14)/p+1. The molecule has 1 aromatic rings. The molecule has 0 saturated heterocycles. The lowest BCUT2D eigenvalue weighted by Crippen LogP contribution is -2.29. The molecule has 15 heavy (non-hydrogen) atoms. The maximum Gasteiger partial charge on any atom is 0.267 e. The summed E-state index contributed by atoms with van der Waals surface area (Å²) in [5.41, 5.74) is 0. The Bertz CT molecular complexity index is 436. The fraction of sp³-hybridized carbons (Fsp3) is 0.444. The molecular weight excluding hydrogens is 216 g/mol. The van der Waals surface area contributed by atoms with Gasteiger partial charge < -0.3 is 0 Å². The summed E-state index contributed by atoms with van der Waals surface area (Å²) in [6.07, 6.45) is 6.08. The first-order valence-corrected chi connectivity index (χ1v) is 6.11. The van der Waals surface area contributed by atoms with Gasteiger partial charge >= 0.3 is 0 Å². The molecule has 1 atom stereocenters. The molecule has 1 rings (SSSR count). The van der Waals surface area contributed by atoms with Crippen LogP contribution in [0.1, 0.15) is 19.2 Å². The topological polar surface area (TPSA) is 74.0 Å². The minimum absolute atomic E-state index is 0.368. The summed E-state index contributed by atoms with van der Waals surface area (Å²) in [5.74, 6) is 0.862. The van der Waals surface area contributed by atoms with E-state index in [0.29, 0.717) is 12.8 Å². The Morgan fingerprint density at radius 3 is 2.93 bits per heavy atom. The van der Waals surface area contributed by atoms with Gasteiger partial charge in [0.15, 0.2) is 0 Å². The number of nitrogens with one attached hydrogen (secondary N) is 1. The molecule has 0 aromatic carbocycles. The first-order chi connectivity index (χ1) is 6.95. The second kappa shape index (κ2) is 4.59. The number of hydrogen-bond acceptors (Lipinski definition) is 2. The van der Waals surface area contributed by atoms with Crippen molar-refractivity contribution in [3.63, 3.8) is 0 Å². The van der Waals surface area contributed by atoms with Gasteiger partial charge in [0.2, 0.25) is 0 Å². The molecule has 0 bridgehead atoms. The van der Waals surface area contributed by atoms with Crippen molar-refractivity contribution in [1.29, 1.82) is 0 Å². The average molecular weight is 231 g/mol. The molecule has 1 unspecified atom stereocenters. The average Bonchev–Trinajstić information content (AvgIpc) is 2.59. The molecule has 0 saturated carbocycles. The predicted molar refractivity (Wildman–Crippen MR) is 56.7 cm³/mol. The molecule has 0 aliphatic heterocycles. The van der Waals surface area contributed by atoms with E-state index in [1.54, 1.807) is 23.2 Å². The zero-order valence-corrected chi connectivity index (χ0v) is 9.37. The lowest BCUT2D eigenvalue weighted by Gasteiger charge is -2.04. The fourth-order valence-electron chi connectivity index (χ4n) is 1.24. The lowest BCUT2D eigenvalue weighted by molar-refractivity contribution is -0.575. The quantitative estimate of drug-likeness (QED) is 0.576. The van der Waals surface area contributed by atoms with E-state index in [4.69, 9.17) is 4.55 Å². The van der Waals surface area contributed by atoms with E-state index in [9.17, 15) is 8.42 Å². The molecule has 6 heteroatoms. The van der Waals surface area contributed by atoms with E-state index in [2.05, 4.69) is 11.6 Å². The van der Waals surface area contributed by atoms with Gasteiger partial charge in [0.05, 0.1) is 17.9 Å². The number of rotatable bonds is 5. The van der Waals surface area contributed by atoms with Gasteiger partial charge in [0.25, 0.3) is 15.9 Å². The summed E-state index contributed by atoms with van der Waals surface area (Å²) in [5, 5.41) is -0.751. The molecule has 0 spiro atoms. The van der Waals surface area contributed by atoms with Crippen LogP contribution in [-0.4, -0.2) is 23.2 Å². The maximum atomic E-state index is 10.8.